The number of imide groups is 1. The lowest BCUT2D eigenvalue weighted by molar-refractivity contribution is -0.123. The number of ether oxygens (including phenoxy) is 2. The first kappa shape index (κ1) is 26.5. The predicted molar refractivity (Wildman–Crippen MR) is 146 cm³/mol. The van der Waals surface area contributed by atoms with Crippen molar-refractivity contribution in [1.82, 2.24) is 4.90 Å². The van der Waals surface area contributed by atoms with Crippen molar-refractivity contribution in [2.75, 3.05) is 13.2 Å². The summed E-state index contributed by atoms with van der Waals surface area (Å²) in [5.41, 5.74) is 3.13. The number of hydrogen-bond donors (Lipinski definition) is 0. The van der Waals surface area contributed by atoms with Crippen molar-refractivity contribution in [3.05, 3.63) is 98.9 Å². The second-order valence-corrected chi connectivity index (χ2v) is 10.2. The molecule has 0 bridgehead atoms. The number of aryl methyl sites for hydroxylation is 1. The number of amides is 2. The fraction of sp³-hybridized carbons (Fsp3) is 0.207. The standard InChI is InChI=1S/C29H26ClNO5S/c1-18(2)22-13-8-19(3)16-25(22)35-15-14-31-27(32)26(37-29(31)34)17-20-9-11-21(12-10-20)36-28(33)23-6-4-5-7-24(23)30/h4-13,16-18H,14-15H2,1-3H3/b26-17-. The van der Waals surface area contributed by atoms with Gasteiger partial charge in [-0.1, -0.05) is 61.8 Å². The Hall–Kier alpha value is -3.55. The van der Waals surface area contributed by atoms with Crippen molar-refractivity contribution in [3.63, 3.8) is 0 Å². The van der Waals surface area contributed by atoms with Crippen molar-refractivity contribution >= 4 is 46.6 Å². The zero-order valence-electron chi connectivity index (χ0n) is 20.7. The van der Waals surface area contributed by atoms with E-state index in [1.807, 2.05) is 25.1 Å². The largest absolute Gasteiger partial charge is 0.491 e. The van der Waals surface area contributed by atoms with Crippen LogP contribution in [0, 0.1) is 6.92 Å². The highest BCUT2D eigenvalue weighted by atomic mass is 35.5. The van der Waals surface area contributed by atoms with Gasteiger partial charge in [0.25, 0.3) is 11.1 Å². The van der Waals surface area contributed by atoms with Crippen LogP contribution in [0.5, 0.6) is 11.5 Å². The minimum Gasteiger partial charge on any atom is -0.491 e. The maximum Gasteiger partial charge on any atom is 0.345 e. The molecule has 1 saturated heterocycles. The van der Waals surface area contributed by atoms with Crippen LogP contribution in [0.4, 0.5) is 4.79 Å². The van der Waals surface area contributed by atoms with Crippen LogP contribution in [0.1, 0.15) is 46.8 Å². The Bertz CT molecular complexity index is 1370. The highest BCUT2D eigenvalue weighted by Gasteiger charge is 2.34. The van der Waals surface area contributed by atoms with Crippen LogP contribution in [0.15, 0.2) is 71.6 Å². The Morgan fingerprint density at radius 1 is 1.05 bits per heavy atom. The average molecular weight is 536 g/mol. The van der Waals surface area contributed by atoms with Crippen molar-refractivity contribution < 1.29 is 23.9 Å². The molecular weight excluding hydrogens is 510 g/mol. The molecule has 0 saturated carbocycles. The van der Waals surface area contributed by atoms with E-state index in [1.165, 1.54) is 4.90 Å². The third kappa shape index (κ3) is 6.42. The topological polar surface area (TPSA) is 72.9 Å². The van der Waals surface area contributed by atoms with Crippen LogP contribution in [-0.2, 0) is 4.79 Å². The van der Waals surface area contributed by atoms with E-state index in [-0.39, 0.29) is 29.9 Å². The molecule has 1 aliphatic rings. The van der Waals surface area contributed by atoms with Crippen molar-refractivity contribution in [3.8, 4) is 11.5 Å². The van der Waals surface area contributed by atoms with Gasteiger partial charge >= 0.3 is 5.97 Å². The highest BCUT2D eigenvalue weighted by molar-refractivity contribution is 8.18. The molecule has 3 aromatic carbocycles. The van der Waals surface area contributed by atoms with E-state index >= 15 is 0 Å². The molecule has 0 spiro atoms. The van der Waals surface area contributed by atoms with Gasteiger partial charge in [-0.25, -0.2) is 4.79 Å². The Labute approximate surface area is 225 Å². The third-order valence-corrected chi connectivity index (χ3v) is 6.96. The second kappa shape index (κ2) is 11.7. The van der Waals surface area contributed by atoms with Gasteiger partial charge in [-0.2, -0.15) is 0 Å². The highest BCUT2D eigenvalue weighted by Crippen LogP contribution is 2.33. The molecule has 4 rings (SSSR count). The maximum atomic E-state index is 12.9. The second-order valence-electron chi connectivity index (χ2n) is 8.82. The minimum atomic E-state index is -0.562. The molecule has 0 atom stereocenters. The number of esters is 1. The molecule has 2 amide bonds. The smallest absolute Gasteiger partial charge is 0.345 e. The summed E-state index contributed by atoms with van der Waals surface area (Å²) in [6, 6.07) is 19.3. The Balaban J connectivity index is 1.37. The first-order valence-electron chi connectivity index (χ1n) is 11.8. The summed E-state index contributed by atoms with van der Waals surface area (Å²) in [7, 11) is 0. The van der Waals surface area contributed by atoms with Crippen LogP contribution in [0.3, 0.4) is 0 Å². The van der Waals surface area contributed by atoms with E-state index in [0.717, 1.165) is 28.6 Å². The van der Waals surface area contributed by atoms with Gasteiger partial charge in [0.1, 0.15) is 18.1 Å². The third-order valence-electron chi connectivity index (χ3n) is 5.72. The number of thioether (sulfide) groups is 1. The molecule has 190 valence electrons. The summed E-state index contributed by atoms with van der Waals surface area (Å²) in [6.07, 6.45) is 1.64. The number of carbonyl (C=O) groups excluding carboxylic acids is 3. The molecular formula is C29H26ClNO5S. The molecule has 37 heavy (non-hydrogen) atoms. The van der Waals surface area contributed by atoms with Gasteiger partial charge in [0.15, 0.2) is 0 Å². The van der Waals surface area contributed by atoms with Crippen molar-refractivity contribution in [1.29, 1.82) is 0 Å². The quantitative estimate of drug-likeness (QED) is 0.174. The molecule has 1 heterocycles. The summed E-state index contributed by atoms with van der Waals surface area (Å²) in [5.74, 6) is 0.480. The van der Waals surface area contributed by atoms with E-state index in [2.05, 4.69) is 13.8 Å². The molecule has 1 fully saturated rings. The molecule has 0 N–H and O–H groups in total. The molecule has 8 heteroatoms. The zero-order chi connectivity index (χ0) is 26.5. The lowest BCUT2D eigenvalue weighted by Gasteiger charge is -2.17. The van der Waals surface area contributed by atoms with Crippen LogP contribution < -0.4 is 9.47 Å². The Morgan fingerprint density at radius 2 is 1.78 bits per heavy atom. The van der Waals surface area contributed by atoms with Crippen molar-refractivity contribution in [2.45, 2.75) is 26.7 Å². The summed E-state index contributed by atoms with van der Waals surface area (Å²) < 4.78 is 11.3. The monoisotopic (exact) mass is 535 g/mol. The number of halogens is 1. The number of nitrogens with zero attached hydrogens (tertiary/aromatic N) is 1. The predicted octanol–water partition coefficient (Wildman–Crippen LogP) is 7.11. The molecule has 0 radical (unpaired) electrons. The van der Waals surface area contributed by atoms with E-state index < -0.39 is 5.97 Å². The lowest BCUT2D eigenvalue weighted by atomic mass is 10.0. The van der Waals surface area contributed by atoms with Gasteiger partial charge in [0.05, 0.1) is 22.0 Å². The molecule has 3 aromatic rings. The fourth-order valence-corrected chi connectivity index (χ4v) is 4.83. The number of benzene rings is 3. The molecule has 0 unspecified atom stereocenters. The normalized spacial score (nSPS) is 14.5. The first-order valence-corrected chi connectivity index (χ1v) is 13.0. The van der Waals surface area contributed by atoms with Crippen molar-refractivity contribution in [2.24, 2.45) is 0 Å². The van der Waals surface area contributed by atoms with Crippen LogP contribution >= 0.6 is 23.4 Å². The molecule has 0 aromatic heterocycles. The van der Waals surface area contributed by atoms with Gasteiger partial charge in [0, 0.05) is 0 Å². The fourth-order valence-electron chi connectivity index (χ4n) is 3.76. The SMILES string of the molecule is Cc1ccc(C(C)C)c(OCCN2C(=O)S/C(=C\c3ccc(OC(=O)c4ccccc4Cl)cc3)C2=O)c1. The molecule has 0 aliphatic carbocycles. The Kier molecular flexibility index (Phi) is 8.36. The number of hydrogen-bond acceptors (Lipinski definition) is 6. The number of rotatable bonds is 8. The lowest BCUT2D eigenvalue weighted by Crippen LogP contribution is -2.32. The first-order chi connectivity index (χ1) is 17.7. The van der Waals surface area contributed by atoms with Crippen LogP contribution in [-0.4, -0.2) is 35.2 Å². The zero-order valence-corrected chi connectivity index (χ0v) is 22.3. The Morgan fingerprint density at radius 3 is 2.49 bits per heavy atom. The van der Waals surface area contributed by atoms with Gasteiger partial charge in [-0.05, 0) is 77.7 Å². The van der Waals surface area contributed by atoms with Gasteiger partial charge < -0.3 is 9.47 Å². The average Bonchev–Trinajstić information content (AvgIpc) is 3.12. The van der Waals surface area contributed by atoms with E-state index in [0.29, 0.717) is 27.2 Å². The minimum absolute atomic E-state index is 0.157. The van der Waals surface area contributed by atoms with Crippen LogP contribution in [0.2, 0.25) is 5.02 Å². The van der Waals surface area contributed by atoms with E-state index in [1.54, 1.807) is 54.6 Å². The molecule has 1 aliphatic heterocycles. The van der Waals surface area contributed by atoms with E-state index in [9.17, 15) is 14.4 Å². The summed E-state index contributed by atoms with van der Waals surface area (Å²) in [5, 5.41) is -0.0250. The van der Waals surface area contributed by atoms with Gasteiger partial charge in [0.2, 0.25) is 0 Å². The summed E-state index contributed by atoms with van der Waals surface area (Å²) in [4.78, 5) is 39.2. The van der Waals surface area contributed by atoms with Gasteiger partial charge in [-0.3, -0.25) is 14.5 Å². The number of carbonyl (C=O) groups is 3. The summed E-state index contributed by atoms with van der Waals surface area (Å²) >= 11 is 6.94. The van der Waals surface area contributed by atoms with Gasteiger partial charge in [-0.15, -0.1) is 0 Å². The van der Waals surface area contributed by atoms with Crippen LogP contribution in [0.25, 0.3) is 6.08 Å². The van der Waals surface area contributed by atoms with E-state index in [4.69, 9.17) is 21.1 Å². The molecule has 6 nitrogen and oxygen atoms in total. The maximum absolute atomic E-state index is 12.9. The summed E-state index contributed by atoms with van der Waals surface area (Å²) in [6.45, 7) is 6.54.